The quantitative estimate of drug-likeness (QED) is 0.526. The van der Waals surface area contributed by atoms with Crippen LogP contribution in [0.5, 0.6) is 0 Å². The van der Waals surface area contributed by atoms with Crippen molar-refractivity contribution in [3.63, 3.8) is 0 Å². The SMILES string of the molecule is c1ccc(B(c2ccccn2)c2ccccc2-c2ccccc2)cc1. The molecule has 0 N–H and O–H groups in total. The molecule has 0 spiro atoms. The molecule has 1 heterocycles. The van der Waals surface area contributed by atoms with E-state index in [2.05, 4.69) is 102 Å². The topological polar surface area (TPSA) is 12.9 Å². The van der Waals surface area contributed by atoms with Crippen molar-refractivity contribution in [3.05, 3.63) is 109 Å². The number of benzene rings is 3. The molecular weight excluding hydrogens is 301 g/mol. The van der Waals surface area contributed by atoms with Gasteiger partial charge < -0.3 is 0 Å². The second-order valence-electron chi connectivity index (χ2n) is 6.05. The first-order chi connectivity index (χ1) is 12.4. The van der Waals surface area contributed by atoms with Gasteiger partial charge in [-0.1, -0.05) is 102 Å². The highest BCUT2D eigenvalue weighted by Gasteiger charge is 2.25. The van der Waals surface area contributed by atoms with Crippen molar-refractivity contribution in [1.29, 1.82) is 0 Å². The average molecular weight is 319 g/mol. The van der Waals surface area contributed by atoms with Crippen LogP contribution in [-0.2, 0) is 0 Å². The molecule has 0 aliphatic heterocycles. The first kappa shape index (κ1) is 15.4. The Bertz CT molecular complexity index is 898. The van der Waals surface area contributed by atoms with Crippen LogP contribution >= 0.6 is 0 Å². The smallest absolute Gasteiger partial charge is 0.265 e. The molecule has 0 aliphatic carbocycles. The monoisotopic (exact) mass is 319 g/mol. The zero-order valence-electron chi connectivity index (χ0n) is 13.9. The molecule has 25 heavy (non-hydrogen) atoms. The molecule has 4 aromatic rings. The summed E-state index contributed by atoms with van der Waals surface area (Å²) >= 11 is 0. The van der Waals surface area contributed by atoms with Crippen LogP contribution in [0.25, 0.3) is 11.1 Å². The predicted octanol–water partition coefficient (Wildman–Crippen LogP) is 3.26. The molecule has 1 aromatic heterocycles. The van der Waals surface area contributed by atoms with E-state index in [1.54, 1.807) is 0 Å². The minimum absolute atomic E-state index is 0.110. The van der Waals surface area contributed by atoms with Gasteiger partial charge in [-0.05, 0) is 23.3 Å². The molecule has 0 saturated heterocycles. The van der Waals surface area contributed by atoms with E-state index in [1.807, 2.05) is 12.3 Å². The number of hydrogen-bond acceptors (Lipinski definition) is 1. The van der Waals surface area contributed by atoms with Gasteiger partial charge in [0.25, 0.3) is 6.71 Å². The zero-order chi connectivity index (χ0) is 16.9. The highest BCUT2D eigenvalue weighted by molar-refractivity contribution is 6.95. The maximum Gasteiger partial charge on any atom is 0.265 e. The van der Waals surface area contributed by atoms with Crippen molar-refractivity contribution in [2.24, 2.45) is 0 Å². The molecule has 0 fully saturated rings. The van der Waals surface area contributed by atoms with E-state index < -0.39 is 0 Å². The van der Waals surface area contributed by atoms with Crippen LogP contribution in [0.3, 0.4) is 0 Å². The van der Waals surface area contributed by atoms with Gasteiger partial charge in [0.15, 0.2) is 0 Å². The highest BCUT2D eigenvalue weighted by Crippen LogP contribution is 2.17. The second-order valence-corrected chi connectivity index (χ2v) is 6.05. The molecule has 2 heteroatoms. The van der Waals surface area contributed by atoms with E-state index in [-0.39, 0.29) is 6.71 Å². The largest absolute Gasteiger partial charge is 0.270 e. The van der Waals surface area contributed by atoms with E-state index in [0.717, 1.165) is 5.59 Å². The summed E-state index contributed by atoms with van der Waals surface area (Å²) in [6.07, 6.45) is 1.87. The Hall–Kier alpha value is -3.13. The van der Waals surface area contributed by atoms with Crippen molar-refractivity contribution in [2.45, 2.75) is 0 Å². The number of rotatable bonds is 4. The van der Waals surface area contributed by atoms with Gasteiger partial charge in [-0.3, -0.25) is 4.98 Å². The molecule has 0 unspecified atom stereocenters. The third kappa shape index (κ3) is 3.24. The lowest BCUT2D eigenvalue weighted by Gasteiger charge is -2.18. The van der Waals surface area contributed by atoms with Gasteiger partial charge in [0.2, 0.25) is 0 Å². The summed E-state index contributed by atoms with van der Waals surface area (Å²) in [5.41, 5.74) is 6.08. The Morgan fingerprint density at radius 1 is 0.560 bits per heavy atom. The Kier molecular flexibility index (Phi) is 4.43. The number of pyridine rings is 1. The fourth-order valence-corrected chi connectivity index (χ4v) is 3.33. The van der Waals surface area contributed by atoms with Crippen LogP contribution in [0.1, 0.15) is 0 Å². The number of aromatic nitrogens is 1. The molecule has 1 nitrogen and oxygen atoms in total. The van der Waals surface area contributed by atoms with Crippen LogP contribution in [-0.4, -0.2) is 11.7 Å². The molecule has 0 saturated carbocycles. The van der Waals surface area contributed by atoms with Gasteiger partial charge >= 0.3 is 0 Å². The zero-order valence-corrected chi connectivity index (χ0v) is 13.9. The standard InChI is InChI=1S/C23H18BN/c1-3-11-19(12-4-1)21-15-7-8-16-22(21)24(20-13-5-2-6-14-20)23-17-9-10-18-25-23/h1-18H. The summed E-state index contributed by atoms with van der Waals surface area (Å²) in [4.78, 5) is 4.67. The molecule has 0 radical (unpaired) electrons. The molecule has 0 aliphatic rings. The van der Waals surface area contributed by atoms with E-state index in [9.17, 15) is 0 Å². The van der Waals surface area contributed by atoms with Crippen LogP contribution in [0.4, 0.5) is 0 Å². The summed E-state index contributed by atoms with van der Waals surface area (Å²) in [5, 5.41) is 0. The van der Waals surface area contributed by atoms with Crippen molar-refractivity contribution >= 4 is 23.2 Å². The number of nitrogens with zero attached hydrogens (tertiary/aromatic N) is 1. The molecule has 4 rings (SSSR count). The average Bonchev–Trinajstić information content (AvgIpc) is 2.71. The summed E-state index contributed by atoms with van der Waals surface area (Å²) in [7, 11) is 0. The van der Waals surface area contributed by atoms with Crippen molar-refractivity contribution in [3.8, 4) is 11.1 Å². The van der Waals surface area contributed by atoms with E-state index in [0.29, 0.717) is 0 Å². The molecule has 0 amide bonds. The molecular formula is C23H18BN. The lowest BCUT2D eigenvalue weighted by atomic mass is 9.37. The lowest BCUT2D eigenvalue weighted by molar-refractivity contribution is 1.38. The van der Waals surface area contributed by atoms with Crippen LogP contribution < -0.4 is 16.5 Å². The first-order valence-electron chi connectivity index (χ1n) is 8.54. The third-order valence-corrected chi connectivity index (χ3v) is 4.47. The lowest BCUT2D eigenvalue weighted by Crippen LogP contribution is -2.53. The van der Waals surface area contributed by atoms with Crippen molar-refractivity contribution in [1.82, 2.24) is 4.98 Å². The first-order valence-corrected chi connectivity index (χ1v) is 8.54. The minimum atomic E-state index is 0.110. The fourth-order valence-electron chi connectivity index (χ4n) is 3.33. The van der Waals surface area contributed by atoms with Crippen LogP contribution in [0.2, 0.25) is 0 Å². The molecule has 0 atom stereocenters. The van der Waals surface area contributed by atoms with Gasteiger partial charge in [-0.15, -0.1) is 0 Å². The molecule has 3 aromatic carbocycles. The highest BCUT2D eigenvalue weighted by atomic mass is 14.6. The number of hydrogen-bond donors (Lipinski definition) is 0. The van der Waals surface area contributed by atoms with Gasteiger partial charge in [-0.25, -0.2) is 0 Å². The Balaban J connectivity index is 1.93. The van der Waals surface area contributed by atoms with Gasteiger partial charge in [0.05, 0.1) is 0 Å². The van der Waals surface area contributed by atoms with Gasteiger partial charge in [0, 0.05) is 11.8 Å². The van der Waals surface area contributed by atoms with Gasteiger partial charge in [0.1, 0.15) is 0 Å². The Labute approximate surface area is 149 Å². The van der Waals surface area contributed by atoms with E-state index in [1.165, 1.54) is 22.1 Å². The Morgan fingerprint density at radius 2 is 1.20 bits per heavy atom. The Morgan fingerprint density at radius 3 is 1.92 bits per heavy atom. The predicted molar refractivity (Wildman–Crippen MR) is 107 cm³/mol. The normalized spacial score (nSPS) is 10.4. The van der Waals surface area contributed by atoms with Gasteiger partial charge in [-0.2, -0.15) is 0 Å². The minimum Gasteiger partial charge on any atom is -0.270 e. The molecule has 0 bridgehead atoms. The van der Waals surface area contributed by atoms with Crippen molar-refractivity contribution in [2.75, 3.05) is 0 Å². The third-order valence-electron chi connectivity index (χ3n) is 4.47. The molecule has 118 valence electrons. The maximum absolute atomic E-state index is 4.67. The summed E-state index contributed by atoms with van der Waals surface area (Å²) < 4.78 is 0. The maximum atomic E-state index is 4.67. The van der Waals surface area contributed by atoms with Crippen LogP contribution in [0, 0.1) is 0 Å². The summed E-state index contributed by atoms with van der Waals surface area (Å²) in [5.74, 6) is 0. The second kappa shape index (κ2) is 7.19. The fraction of sp³-hybridized carbons (Fsp3) is 0. The summed E-state index contributed by atoms with van der Waals surface area (Å²) in [6, 6.07) is 35.9. The van der Waals surface area contributed by atoms with Crippen LogP contribution in [0.15, 0.2) is 109 Å². The van der Waals surface area contributed by atoms with E-state index in [4.69, 9.17) is 0 Å². The summed E-state index contributed by atoms with van der Waals surface area (Å²) in [6.45, 7) is 0.110. The van der Waals surface area contributed by atoms with E-state index >= 15 is 0 Å². The van der Waals surface area contributed by atoms with Crippen molar-refractivity contribution < 1.29 is 0 Å².